The molecule has 0 bridgehead atoms. The summed E-state index contributed by atoms with van der Waals surface area (Å²) in [5, 5.41) is 0.834. The third-order valence-corrected chi connectivity index (χ3v) is 3.30. The SMILES string of the molecule is O=c1ccc2c(ccc3[nH]c(-c4ccccc4)nc32)o1. The Labute approximate surface area is 113 Å². The molecule has 4 heteroatoms. The van der Waals surface area contributed by atoms with Crippen molar-refractivity contribution in [1.29, 1.82) is 0 Å². The van der Waals surface area contributed by atoms with Crippen molar-refractivity contribution < 1.29 is 4.42 Å². The summed E-state index contributed by atoms with van der Waals surface area (Å²) in [6.45, 7) is 0. The Morgan fingerprint density at radius 3 is 2.65 bits per heavy atom. The molecule has 1 N–H and O–H groups in total. The van der Waals surface area contributed by atoms with Crippen molar-refractivity contribution >= 4 is 22.0 Å². The van der Waals surface area contributed by atoms with Gasteiger partial charge < -0.3 is 9.40 Å². The highest BCUT2D eigenvalue weighted by Gasteiger charge is 2.09. The summed E-state index contributed by atoms with van der Waals surface area (Å²) in [5.41, 5.74) is 2.95. The number of fused-ring (bicyclic) bond motifs is 3. The van der Waals surface area contributed by atoms with Crippen LogP contribution in [0.3, 0.4) is 0 Å². The summed E-state index contributed by atoms with van der Waals surface area (Å²) in [6.07, 6.45) is 0. The quantitative estimate of drug-likeness (QED) is 0.535. The van der Waals surface area contributed by atoms with Crippen molar-refractivity contribution in [3.8, 4) is 11.4 Å². The van der Waals surface area contributed by atoms with Crippen LogP contribution in [0.5, 0.6) is 0 Å². The second-order valence-corrected chi connectivity index (χ2v) is 4.58. The van der Waals surface area contributed by atoms with Gasteiger partial charge in [0, 0.05) is 17.0 Å². The summed E-state index contributed by atoms with van der Waals surface area (Å²) in [7, 11) is 0. The fourth-order valence-corrected chi connectivity index (χ4v) is 2.35. The molecule has 4 rings (SSSR count). The molecule has 0 aliphatic heterocycles. The first-order valence-electron chi connectivity index (χ1n) is 6.29. The van der Waals surface area contributed by atoms with E-state index in [1.807, 2.05) is 36.4 Å². The molecule has 96 valence electrons. The molecule has 0 saturated carbocycles. The number of nitrogens with zero attached hydrogens (tertiary/aromatic N) is 1. The molecule has 0 unspecified atom stereocenters. The first kappa shape index (κ1) is 11.0. The zero-order valence-corrected chi connectivity index (χ0v) is 10.5. The molecule has 20 heavy (non-hydrogen) atoms. The first-order chi connectivity index (χ1) is 9.81. The van der Waals surface area contributed by atoms with E-state index < -0.39 is 0 Å². The van der Waals surface area contributed by atoms with E-state index >= 15 is 0 Å². The standard InChI is InChI=1S/C16H10N2O2/c19-14-9-6-11-13(20-14)8-7-12-15(11)18-16(17-12)10-4-2-1-3-5-10/h1-9H,(H,17,18). The highest BCUT2D eigenvalue weighted by atomic mass is 16.4. The predicted octanol–water partition coefficient (Wildman–Crippen LogP) is 3.34. The molecule has 0 saturated heterocycles. The predicted molar refractivity (Wildman–Crippen MR) is 77.6 cm³/mol. The summed E-state index contributed by atoms with van der Waals surface area (Å²) in [6, 6.07) is 16.7. The number of H-pyrrole nitrogens is 1. The zero-order chi connectivity index (χ0) is 13.5. The maximum absolute atomic E-state index is 11.3. The Hall–Kier alpha value is -2.88. The van der Waals surface area contributed by atoms with E-state index in [-0.39, 0.29) is 5.63 Å². The molecule has 0 amide bonds. The van der Waals surface area contributed by atoms with Gasteiger partial charge in [0.1, 0.15) is 11.4 Å². The summed E-state index contributed by atoms with van der Waals surface area (Å²) < 4.78 is 5.18. The largest absolute Gasteiger partial charge is 0.423 e. The van der Waals surface area contributed by atoms with Gasteiger partial charge in [0.2, 0.25) is 0 Å². The third-order valence-electron chi connectivity index (χ3n) is 3.30. The molecule has 0 aliphatic rings. The van der Waals surface area contributed by atoms with Crippen LogP contribution in [0, 0.1) is 0 Å². The van der Waals surface area contributed by atoms with Crippen molar-refractivity contribution in [1.82, 2.24) is 9.97 Å². The molecule has 0 fully saturated rings. The minimum absolute atomic E-state index is 0.351. The third kappa shape index (κ3) is 1.62. The number of nitrogens with one attached hydrogen (secondary N) is 1. The summed E-state index contributed by atoms with van der Waals surface area (Å²) in [5.74, 6) is 0.805. The van der Waals surface area contributed by atoms with E-state index in [0.29, 0.717) is 5.58 Å². The number of imidazole rings is 1. The van der Waals surface area contributed by atoms with Crippen LogP contribution in [0.15, 0.2) is 63.8 Å². The van der Waals surface area contributed by atoms with Crippen LogP contribution in [0.4, 0.5) is 0 Å². The molecule has 2 heterocycles. The average Bonchev–Trinajstić information content (AvgIpc) is 2.92. The topological polar surface area (TPSA) is 58.9 Å². The van der Waals surface area contributed by atoms with Crippen LogP contribution >= 0.6 is 0 Å². The van der Waals surface area contributed by atoms with Gasteiger partial charge in [0.05, 0.1) is 11.0 Å². The second-order valence-electron chi connectivity index (χ2n) is 4.58. The van der Waals surface area contributed by atoms with Crippen molar-refractivity contribution in [2.24, 2.45) is 0 Å². The normalized spacial score (nSPS) is 11.2. The molecular formula is C16H10N2O2. The van der Waals surface area contributed by atoms with Crippen molar-refractivity contribution in [2.75, 3.05) is 0 Å². The van der Waals surface area contributed by atoms with Gasteiger partial charge in [0.25, 0.3) is 0 Å². The smallest absolute Gasteiger partial charge is 0.336 e. The van der Waals surface area contributed by atoms with E-state index in [2.05, 4.69) is 9.97 Å². The Bertz CT molecular complexity index is 968. The molecule has 2 aromatic heterocycles. The highest BCUT2D eigenvalue weighted by Crippen LogP contribution is 2.26. The van der Waals surface area contributed by atoms with Crippen LogP contribution in [0.2, 0.25) is 0 Å². The molecule has 0 spiro atoms. The lowest BCUT2D eigenvalue weighted by Crippen LogP contribution is -1.94. The average molecular weight is 262 g/mol. The van der Waals surface area contributed by atoms with Crippen molar-refractivity contribution in [3.05, 3.63) is 65.0 Å². The molecular weight excluding hydrogens is 252 g/mol. The number of hydrogen-bond acceptors (Lipinski definition) is 3. The van der Waals surface area contributed by atoms with Gasteiger partial charge in [-0.1, -0.05) is 30.3 Å². The maximum Gasteiger partial charge on any atom is 0.336 e. The van der Waals surface area contributed by atoms with Gasteiger partial charge in [-0.15, -0.1) is 0 Å². The lowest BCUT2D eigenvalue weighted by atomic mass is 10.2. The van der Waals surface area contributed by atoms with Crippen LogP contribution in [0.1, 0.15) is 0 Å². The highest BCUT2D eigenvalue weighted by molar-refractivity contribution is 6.02. The van der Waals surface area contributed by atoms with E-state index in [9.17, 15) is 4.79 Å². The fraction of sp³-hybridized carbons (Fsp3) is 0. The van der Waals surface area contributed by atoms with Crippen LogP contribution in [-0.4, -0.2) is 9.97 Å². The monoisotopic (exact) mass is 262 g/mol. The van der Waals surface area contributed by atoms with Crippen LogP contribution in [-0.2, 0) is 0 Å². The molecule has 2 aromatic carbocycles. The van der Waals surface area contributed by atoms with Gasteiger partial charge in [-0.25, -0.2) is 9.78 Å². The van der Waals surface area contributed by atoms with E-state index in [4.69, 9.17) is 4.42 Å². The first-order valence-corrected chi connectivity index (χ1v) is 6.29. The van der Waals surface area contributed by atoms with E-state index in [1.165, 1.54) is 6.07 Å². The number of benzene rings is 2. The molecule has 0 aliphatic carbocycles. The lowest BCUT2D eigenvalue weighted by molar-refractivity contribution is 0.561. The molecule has 0 atom stereocenters. The summed E-state index contributed by atoms with van der Waals surface area (Å²) in [4.78, 5) is 19.2. The molecule has 4 nitrogen and oxygen atoms in total. The number of aromatic nitrogens is 2. The van der Waals surface area contributed by atoms with Gasteiger partial charge in [-0.05, 0) is 18.2 Å². The minimum Gasteiger partial charge on any atom is -0.423 e. The number of rotatable bonds is 1. The summed E-state index contributed by atoms with van der Waals surface area (Å²) >= 11 is 0. The minimum atomic E-state index is -0.351. The van der Waals surface area contributed by atoms with Gasteiger partial charge in [-0.3, -0.25) is 0 Å². The molecule has 4 aromatic rings. The molecule has 0 radical (unpaired) electrons. The Kier molecular flexibility index (Phi) is 2.23. The van der Waals surface area contributed by atoms with Crippen LogP contribution in [0.25, 0.3) is 33.4 Å². The Morgan fingerprint density at radius 2 is 1.80 bits per heavy atom. The van der Waals surface area contributed by atoms with Gasteiger partial charge in [0.15, 0.2) is 0 Å². The fourth-order valence-electron chi connectivity index (χ4n) is 2.35. The van der Waals surface area contributed by atoms with E-state index in [1.54, 1.807) is 12.1 Å². The second kappa shape index (κ2) is 4.06. The van der Waals surface area contributed by atoms with Gasteiger partial charge >= 0.3 is 5.63 Å². The Morgan fingerprint density at radius 1 is 0.950 bits per heavy atom. The van der Waals surface area contributed by atoms with Crippen LogP contribution < -0.4 is 5.63 Å². The number of hydrogen-bond donors (Lipinski definition) is 1. The van der Waals surface area contributed by atoms with Crippen molar-refractivity contribution in [3.63, 3.8) is 0 Å². The number of aromatic amines is 1. The maximum atomic E-state index is 11.3. The Balaban J connectivity index is 2.04. The zero-order valence-electron chi connectivity index (χ0n) is 10.5. The lowest BCUT2D eigenvalue weighted by Gasteiger charge is -1.95. The van der Waals surface area contributed by atoms with Gasteiger partial charge in [-0.2, -0.15) is 0 Å². The van der Waals surface area contributed by atoms with Crippen molar-refractivity contribution in [2.45, 2.75) is 0 Å². The van der Waals surface area contributed by atoms with E-state index in [0.717, 1.165) is 27.8 Å².